The average Bonchev–Trinajstić information content (AvgIpc) is 3.08. The standard InChI is InChI=1S/C18H21NO3S/c1-21-12-13-22-16-6-4-15(5-7-16)10-11-19-18(20)9-8-17-3-2-14-23-17/h2-9,14H,10-13H2,1H3,(H,19,20). The van der Waals surface area contributed by atoms with E-state index in [4.69, 9.17) is 9.47 Å². The van der Waals surface area contributed by atoms with E-state index < -0.39 is 0 Å². The number of hydrogen-bond donors (Lipinski definition) is 1. The van der Waals surface area contributed by atoms with Crippen molar-refractivity contribution < 1.29 is 14.3 Å². The van der Waals surface area contributed by atoms with E-state index in [1.807, 2.05) is 47.9 Å². The molecule has 1 N–H and O–H groups in total. The van der Waals surface area contributed by atoms with Crippen LogP contribution in [0.5, 0.6) is 5.75 Å². The lowest BCUT2D eigenvalue weighted by atomic mass is 10.1. The number of rotatable bonds is 9. The summed E-state index contributed by atoms with van der Waals surface area (Å²) in [5.74, 6) is 0.756. The number of thiophene rings is 1. The van der Waals surface area contributed by atoms with Crippen LogP contribution in [0.15, 0.2) is 47.9 Å². The van der Waals surface area contributed by atoms with Crippen LogP contribution in [-0.2, 0) is 16.0 Å². The fraction of sp³-hybridized carbons (Fsp3) is 0.278. The molecule has 2 aromatic rings. The molecule has 1 aromatic carbocycles. The number of hydrogen-bond acceptors (Lipinski definition) is 4. The molecule has 122 valence electrons. The van der Waals surface area contributed by atoms with Crippen molar-refractivity contribution in [2.75, 3.05) is 26.9 Å². The van der Waals surface area contributed by atoms with Gasteiger partial charge in [0, 0.05) is 24.6 Å². The van der Waals surface area contributed by atoms with Crippen LogP contribution in [0, 0.1) is 0 Å². The van der Waals surface area contributed by atoms with Crippen LogP contribution in [0.4, 0.5) is 0 Å². The number of methoxy groups -OCH3 is 1. The molecule has 0 bridgehead atoms. The third-order valence-corrected chi connectivity index (χ3v) is 3.97. The van der Waals surface area contributed by atoms with E-state index in [1.54, 1.807) is 24.5 Å². The minimum absolute atomic E-state index is 0.0714. The Morgan fingerprint density at radius 2 is 2.04 bits per heavy atom. The molecule has 5 heteroatoms. The van der Waals surface area contributed by atoms with Crippen LogP contribution < -0.4 is 10.1 Å². The van der Waals surface area contributed by atoms with Crippen molar-refractivity contribution in [3.8, 4) is 5.75 Å². The van der Waals surface area contributed by atoms with Gasteiger partial charge in [-0.15, -0.1) is 11.3 Å². The van der Waals surface area contributed by atoms with Gasteiger partial charge < -0.3 is 14.8 Å². The molecule has 0 aliphatic rings. The quantitative estimate of drug-likeness (QED) is 0.567. The number of nitrogens with one attached hydrogen (secondary N) is 1. The summed E-state index contributed by atoms with van der Waals surface area (Å²) in [7, 11) is 1.65. The normalized spacial score (nSPS) is 10.8. The molecule has 0 saturated carbocycles. The number of ether oxygens (including phenoxy) is 2. The third-order valence-electron chi connectivity index (χ3n) is 3.13. The maximum Gasteiger partial charge on any atom is 0.244 e. The number of carbonyl (C=O) groups excluding carboxylic acids is 1. The topological polar surface area (TPSA) is 47.6 Å². The zero-order valence-corrected chi connectivity index (χ0v) is 14.0. The first kappa shape index (κ1) is 17.2. The second kappa shape index (κ2) is 9.82. The smallest absolute Gasteiger partial charge is 0.244 e. The second-order valence-corrected chi connectivity index (χ2v) is 5.85. The highest BCUT2D eigenvalue weighted by Crippen LogP contribution is 2.12. The van der Waals surface area contributed by atoms with Crippen molar-refractivity contribution in [2.45, 2.75) is 6.42 Å². The molecule has 1 aromatic heterocycles. The van der Waals surface area contributed by atoms with Gasteiger partial charge in [0.05, 0.1) is 6.61 Å². The predicted molar refractivity (Wildman–Crippen MR) is 93.9 cm³/mol. The van der Waals surface area contributed by atoms with E-state index in [2.05, 4.69) is 5.32 Å². The Balaban J connectivity index is 1.68. The number of amides is 1. The summed E-state index contributed by atoms with van der Waals surface area (Å²) in [5, 5.41) is 4.87. The summed E-state index contributed by atoms with van der Waals surface area (Å²) < 4.78 is 10.4. The third kappa shape index (κ3) is 6.67. The fourth-order valence-corrected chi connectivity index (χ4v) is 2.55. The molecule has 1 amide bonds. The SMILES string of the molecule is COCCOc1ccc(CCNC(=O)C=Cc2cccs2)cc1. The van der Waals surface area contributed by atoms with Crippen LogP contribution in [0.3, 0.4) is 0 Å². The molecule has 0 saturated heterocycles. The number of benzene rings is 1. The van der Waals surface area contributed by atoms with Gasteiger partial charge >= 0.3 is 0 Å². The zero-order valence-electron chi connectivity index (χ0n) is 13.2. The monoisotopic (exact) mass is 331 g/mol. The van der Waals surface area contributed by atoms with E-state index in [0.717, 1.165) is 22.6 Å². The van der Waals surface area contributed by atoms with Gasteiger partial charge in [-0.3, -0.25) is 4.79 Å². The van der Waals surface area contributed by atoms with Gasteiger partial charge in [0.15, 0.2) is 0 Å². The minimum atomic E-state index is -0.0714. The average molecular weight is 331 g/mol. The van der Waals surface area contributed by atoms with E-state index >= 15 is 0 Å². The van der Waals surface area contributed by atoms with Gasteiger partial charge in [-0.05, 0) is 41.6 Å². The molecule has 4 nitrogen and oxygen atoms in total. The predicted octanol–water partition coefficient (Wildman–Crippen LogP) is 3.15. The lowest BCUT2D eigenvalue weighted by Gasteiger charge is -2.07. The molecular weight excluding hydrogens is 310 g/mol. The van der Waals surface area contributed by atoms with Crippen molar-refractivity contribution in [3.63, 3.8) is 0 Å². The van der Waals surface area contributed by atoms with Crippen molar-refractivity contribution in [1.82, 2.24) is 5.32 Å². The fourth-order valence-electron chi connectivity index (χ4n) is 1.93. The Morgan fingerprint density at radius 3 is 2.74 bits per heavy atom. The summed E-state index contributed by atoms with van der Waals surface area (Å²) in [6.45, 7) is 1.73. The minimum Gasteiger partial charge on any atom is -0.491 e. The maximum absolute atomic E-state index is 11.7. The van der Waals surface area contributed by atoms with E-state index in [9.17, 15) is 4.79 Å². The Hall–Kier alpha value is -2.11. The van der Waals surface area contributed by atoms with Gasteiger partial charge in [-0.1, -0.05) is 18.2 Å². The summed E-state index contributed by atoms with van der Waals surface area (Å²) in [6.07, 6.45) is 4.18. The highest BCUT2D eigenvalue weighted by molar-refractivity contribution is 7.10. The summed E-state index contributed by atoms with van der Waals surface area (Å²) >= 11 is 1.61. The molecule has 0 fully saturated rings. The van der Waals surface area contributed by atoms with Crippen LogP contribution in [0.1, 0.15) is 10.4 Å². The Labute approximate surface area is 140 Å². The Morgan fingerprint density at radius 1 is 1.22 bits per heavy atom. The molecule has 2 rings (SSSR count). The van der Waals surface area contributed by atoms with Crippen LogP contribution in [-0.4, -0.2) is 32.8 Å². The van der Waals surface area contributed by atoms with Gasteiger partial charge in [0.2, 0.25) is 5.91 Å². The summed E-state index contributed by atoms with van der Waals surface area (Å²) in [5.41, 5.74) is 1.16. The van der Waals surface area contributed by atoms with Gasteiger partial charge in [-0.25, -0.2) is 0 Å². The Kier molecular flexibility index (Phi) is 7.36. The number of carbonyl (C=O) groups is 1. The maximum atomic E-state index is 11.7. The molecular formula is C18H21NO3S. The van der Waals surface area contributed by atoms with Crippen molar-refractivity contribution in [2.24, 2.45) is 0 Å². The molecule has 0 aliphatic heterocycles. The second-order valence-electron chi connectivity index (χ2n) is 4.87. The van der Waals surface area contributed by atoms with Crippen LogP contribution in [0.25, 0.3) is 6.08 Å². The van der Waals surface area contributed by atoms with Crippen LogP contribution >= 0.6 is 11.3 Å². The molecule has 0 unspecified atom stereocenters. The van der Waals surface area contributed by atoms with E-state index in [1.165, 1.54) is 0 Å². The first-order chi connectivity index (χ1) is 11.3. The zero-order chi connectivity index (χ0) is 16.3. The van der Waals surface area contributed by atoms with Crippen molar-refractivity contribution in [3.05, 3.63) is 58.3 Å². The lowest BCUT2D eigenvalue weighted by molar-refractivity contribution is -0.116. The molecule has 0 atom stereocenters. The van der Waals surface area contributed by atoms with Gasteiger partial charge in [0.1, 0.15) is 12.4 Å². The highest BCUT2D eigenvalue weighted by Gasteiger charge is 1.98. The van der Waals surface area contributed by atoms with E-state index in [-0.39, 0.29) is 5.91 Å². The first-order valence-corrected chi connectivity index (χ1v) is 8.36. The van der Waals surface area contributed by atoms with Crippen molar-refractivity contribution >= 4 is 23.3 Å². The van der Waals surface area contributed by atoms with Crippen LogP contribution in [0.2, 0.25) is 0 Å². The highest BCUT2D eigenvalue weighted by atomic mass is 32.1. The first-order valence-electron chi connectivity index (χ1n) is 7.48. The summed E-state index contributed by atoms with van der Waals surface area (Å²) in [4.78, 5) is 12.8. The van der Waals surface area contributed by atoms with Gasteiger partial charge in [-0.2, -0.15) is 0 Å². The van der Waals surface area contributed by atoms with Crippen molar-refractivity contribution in [1.29, 1.82) is 0 Å². The van der Waals surface area contributed by atoms with E-state index in [0.29, 0.717) is 19.8 Å². The molecule has 1 heterocycles. The lowest BCUT2D eigenvalue weighted by Crippen LogP contribution is -2.23. The molecule has 0 radical (unpaired) electrons. The Bertz CT molecular complexity index is 606. The largest absolute Gasteiger partial charge is 0.491 e. The molecule has 0 spiro atoms. The van der Waals surface area contributed by atoms with Gasteiger partial charge in [0.25, 0.3) is 0 Å². The molecule has 23 heavy (non-hydrogen) atoms. The summed E-state index contributed by atoms with van der Waals surface area (Å²) in [6, 6.07) is 11.8. The molecule has 0 aliphatic carbocycles.